The Morgan fingerprint density at radius 1 is 1.44 bits per heavy atom. The van der Waals surface area contributed by atoms with Crippen molar-refractivity contribution >= 4 is 11.7 Å². The molecule has 0 bridgehead atoms. The lowest BCUT2D eigenvalue weighted by atomic mass is 10.2. The summed E-state index contributed by atoms with van der Waals surface area (Å²) in [6.45, 7) is 5.42. The molecule has 0 aliphatic carbocycles. The SMILES string of the molecule is CCOC(=O)c1ccc(OC(C)C)c([N+](=O)[O-])c1. The van der Waals surface area contributed by atoms with Crippen LogP contribution in [-0.2, 0) is 4.74 Å². The van der Waals surface area contributed by atoms with E-state index in [2.05, 4.69) is 0 Å². The minimum atomic E-state index is -0.586. The number of carbonyl (C=O) groups is 1. The number of nitro benzene ring substituents is 1. The standard InChI is InChI=1S/C12H15NO5/c1-4-17-12(14)9-5-6-11(18-8(2)3)10(7-9)13(15)16/h5-8H,4H2,1-3H3. The van der Waals surface area contributed by atoms with E-state index in [4.69, 9.17) is 9.47 Å². The monoisotopic (exact) mass is 253 g/mol. The zero-order valence-corrected chi connectivity index (χ0v) is 10.5. The van der Waals surface area contributed by atoms with E-state index in [1.165, 1.54) is 12.1 Å². The van der Waals surface area contributed by atoms with Crippen LogP contribution in [0, 0.1) is 10.1 Å². The van der Waals surface area contributed by atoms with Gasteiger partial charge in [0.05, 0.1) is 23.2 Å². The minimum Gasteiger partial charge on any atom is -0.484 e. The summed E-state index contributed by atoms with van der Waals surface area (Å²) < 4.78 is 10.1. The van der Waals surface area contributed by atoms with Gasteiger partial charge in [-0.2, -0.15) is 0 Å². The number of nitro groups is 1. The van der Waals surface area contributed by atoms with E-state index < -0.39 is 10.9 Å². The van der Waals surface area contributed by atoms with Crippen molar-refractivity contribution in [2.75, 3.05) is 6.61 Å². The molecule has 0 saturated carbocycles. The molecule has 0 unspecified atom stereocenters. The first-order chi connectivity index (χ1) is 8.45. The van der Waals surface area contributed by atoms with Gasteiger partial charge in [0.1, 0.15) is 0 Å². The first-order valence-corrected chi connectivity index (χ1v) is 5.58. The van der Waals surface area contributed by atoms with Crippen LogP contribution in [0.15, 0.2) is 18.2 Å². The number of ether oxygens (including phenoxy) is 2. The van der Waals surface area contributed by atoms with Crippen LogP contribution in [-0.4, -0.2) is 23.6 Å². The largest absolute Gasteiger partial charge is 0.484 e. The molecule has 0 aromatic heterocycles. The van der Waals surface area contributed by atoms with Gasteiger partial charge in [-0.05, 0) is 32.9 Å². The van der Waals surface area contributed by atoms with Gasteiger partial charge in [-0.3, -0.25) is 10.1 Å². The molecule has 18 heavy (non-hydrogen) atoms. The molecule has 0 N–H and O–H groups in total. The molecule has 6 heteroatoms. The molecule has 1 aromatic rings. The Bertz CT molecular complexity index is 456. The zero-order valence-electron chi connectivity index (χ0n) is 10.5. The summed E-state index contributed by atoms with van der Waals surface area (Å²) in [5, 5.41) is 10.9. The first-order valence-electron chi connectivity index (χ1n) is 5.58. The van der Waals surface area contributed by atoms with Crippen molar-refractivity contribution in [3.05, 3.63) is 33.9 Å². The summed E-state index contributed by atoms with van der Waals surface area (Å²) in [4.78, 5) is 21.8. The second kappa shape index (κ2) is 6.00. The van der Waals surface area contributed by atoms with Gasteiger partial charge in [-0.1, -0.05) is 0 Å². The molecule has 0 atom stereocenters. The molecule has 1 aromatic carbocycles. The normalized spacial score (nSPS) is 10.2. The van der Waals surface area contributed by atoms with Crippen LogP contribution in [0.5, 0.6) is 5.75 Å². The van der Waals surface area contributed by atoms with Crippen molar-refractivity contribution in [2.45, 2.75) is 26.9 Å². The summed E-state index contributed by atoms with van der Waals surface area (Å²) in [5.74, 6) is -0.445. The molecule has 6 nitrogen and oxygen atoms in total. The van der Waals surface area contributed by atoms with Crippen LogP contribution in [0.4, 0.5) is 5.69 Å². The predicted octanol–water partition coefficient (Wildman–Crippen LogP) is 2.56. The quantitative estimate of drug-likeness (QED) is 0.457. The number of rotatable bonds is 5. The smallest absolute Gasteiger partial charge is 0.338 e. The number of nitrogens with zero attached hydrogens (tertiary/aromatic N) is 1. The Hall–Kier alpha value is -2.11. The lowest BCUT2D eigenvalue weighted by Crippen LogP contribution is -2.09. The molecule has 0 fully saturated rings. The predicted molar refractivity (Wildman–Crippen MR) is 64.8 cm³/mol. The Kier molecular flexibility index (Phi) is 4.65. The van der Waals surface area contributed by atoms with Crippen molar-refractivity contribution in [3.63, 3.8) is 0 Å². The molecule has 98 valence electrons. The van der Waals surface area contributed by atoms with Crippen LogP contribution in [0.1, 0.15) is 31.1 Å². The van der Waals surface area contributed by atoms with Gasteiger partial charge in [0.15, 0.2) is 5.75 Å². The highest BCUT2D eigenvalue weighted by atomic mass is 16.6. The van der Waals surface area contributed by atoms with Crippen molar-refractivity contribution < 1.29 is 19.2 Å². The van der Waals surface area contributed by atoms with E-state index in [-0.39, 0.29) is 29.7 Å². The van der Waals surface area contributed by atoms with Gasteiger partial charge in [-0.15, -0.1) is 0 Å². The van der Waals surface area contributed by atoms with Gasteiger partial charge in [0, 0.05) is 6.07 Å². The van der Waals surface area contributed by atoms with Crippen LogP contribution in [0.2, 0.25) is 0 Å². The van der Waals surface area contributed by atoms with Crippen molar-refractivity contribution in [1.29, 1.82) is 0 Å². The topological polar surface area (TPSA) is 78.7 Å². The van der Waals surface area contributed by atoms with Gasteiger partial charge in [-0.25, -0.2) is 4.79 Å². The molecule has 0 aliphatic heterocycles. The van der Waals surface area contributed by atoms with Gasteiger partial charge >= 0.3 is 11.7 Å². The molecule has 0 spiro atoms. The number of benzene rings is 1. The molecular formula is C12H15NO5. The van der Waals surface area contributed by atoms with Gasteiger partial charge in [0.2, 0.25) is 0 Å². The van der Waals surface area contributed by atoms with E-state index >= 15 is 0 Å². The Morgan fingerprint density at radius 3 is 2.61 bits per heavy atom. The molecule has 0 aliphatic rings. The lowest BCUT2D eigenvalue weighted by Gasteiger charge is -2.10. The van der Waals surface area contributed by atoms with Crippen LogP contribution < -0.4 is 4.74 Å². The second-order valence-electron chi connectivity index (χ2n) is 3.83. The van der Waals surface area contributed by atoms with E-state index in [0.717, 1.165) is 6.07 Å². The Labute approximate surface area is 105 Å². The summed E-state index contributed by atoms with van der Waals surface area (Å²) in [5.41, 5.74) is -0.103. The summed E-state index contributed by atoms with van der Waals surface area (Å²) >= 11 is 0. The fourth-order valence-corrected chi connectivity index (χ4v) is 1.36. The Morgan fingerprint density at radius 2 is 2.11 bits per heavy atom. The number of esters is 1. The highest BCUT2D eigenvalue weighted by molar-refractivity contribution is 5.90. The maximum Gasteiger partial charge on any atom is 0.338 e. The third-order valence-corrected chi connectivity index (χ3v) is 2.03. The molecule has 0 amide bonds. The van der Waals surface area contributed by atoms with E-state index in [1.807, 2.05) is 0 Å². The number of carbonyl (C=O) groups excluding carboxylic acids is 1. The molecular weight excluding hydrogens is 238 g/mol. The minimum absolute atomic E-state index is 0.139. The summed E-state index contributed by atoms with van der Waals surface area (Å²) in [7, 11) is 0. The number of hydrogen-bond donors (Lipinski definition) is 0. The number of hydrogen-bond acceptors (Lipinski definition) is 5. The second-order valence-corrected chi connectivity index (χ2v) is 3.83. The lowest BCUT2D eigenvalue weighted by molar-refractivity contribution is -0.386. The maximum atomic E-state index is 11.5. The van der Waals surface area contributed by atoms with E-state index in [0.29, 0.717) is 0 Å². The first kappa shape index (κ1) is 14.0. The van der Waals surface area contributed by atoms with Crippen molar-refractivity contribution in [1.82, 2.24) is 0 Å². The highest BCUT2D eigenvalue weighted by Gasteiger charge is 2.19. The van der Waals surface area contributed by atoms with Crippen molar-refractivity contribution in [3.8, 4) is 5.75 Å². The maximum absolute atomic E-state index is 11.5. The van der Waals surface area contributed by atoms with Gasteiger partial charge < -0.3 is 9.47 Å². The highest BCUT2D eigenvalue weighted by Crippen LogP contribution is 2.29. The van der Waals surface area contributed by atoms with E-state index in [9.17, 15) is 14.9 Å². The van der Waals surface area contributed by atoms with Gasteiger partial charge in [0.25, 0.3) is 0 Å². The molecule has 0 heterocycles. The summed E-state index contributed by atoms with van der Waals surface area (Å²) in [6, 6.07) is 4.02. The third kappa shape index (κ3) is 3.44. The summed E-state index contributed by atoms with van der Waals surface area (Å²) in [6.07, 6.45) is -0.183. The fourth-order valence-electron chi connectivity index (χ4n) is 1.36. The average molecular weight is 253 g/mol. The van der Waals surface area contributed by atoms with E-state index in [1.54, 1.807) is 20.8 Å². The average Bonchev–Trinajstić information content (AvgIpc) is 2.28. The van der Waals surface area contributed by atoms with Crippen LogP contribution >= 0.6 is 0 Å². The Balaban J connectivity index is 3.10. The molecule has 1 rings (SSSR count). The zero-order chi connectivity index (χ0) is 13.7. The van der Waals surface area contributed by atoms with Crippen LogP contribution in [0.25, 0.3) is 0 Å². The molecule has 0 radical (unpaired) electrons. The molecule has 0 saturated heterocycles. The van der Waals surface area contributed by atoms with Crippen LogP contribution in [0.3, 0.4) is 0 Å². The third-order valence-electron chi connectivity index (χ3n) is 2.03. The van der Waals surface area contributed by atoms with Crippen molar-refractivity contribution in [2.24, 2.45) is 0 Å². The fraction of sp³-hybridized carbons (Fsp3) is 0.417.